The number of hydrogen-bond acceptors (Lipinski definition) is 4. The van der Waals surface area contributed by atoms with Crippen molar-refractivity contribution in [3.8, 4) is 0 Å². The summed E-state index contributed by atoms with van der Waals surface area (Å²) in [6.45, 7) is 2.71. The minimum Gasteiger partial charge on any atom is -0.481 e. The first-order valence-corrected chi connectivity index (χ1v) is 9.09. The van der Waals surface area contributed by atoms with Gasteiger partial charge >= 0.3 is 5.97 Å². The molecule has 6 nitrogen and oxygen atoms in total. The van der Waals surface area contributed by atoms with E-state index in [-0.39, 0.29) is 17.7 Å². The van der Waals surface area contributed by atoms with Crippen LogP contribution in [0.25, 0.3) is 0 Å². The molecule has 2 rings (SSSR count). The minimum absolute atomic E-state index is 0.0142. The van der Waals surface area contributed by atoms with E-state index in [9.17, 15) is 14.4 Å². The number of aliphatic carboxylic acids is 1. The third-order valence-corrected chi connectivity index (χ3v) is 5.26. The molecule has 0 aliphatic carbocycles. The van der Waals surface area contributed by atoms with Crippen LogP contribution in [0.4, 0.5) is 0 Å². The molecular weight excluding hydrogens is 304 g/mol. The number of hydrogen-bond donors (Lipinski definition) is 1. The molecule has 0 aromatic rings. The molecule has 0 spiro atoms. The second kappa shape index (κ2) is 8.41. The lowest BCUT2D eigenvalue weighted by molar-refractivity contribution is -0.145. The molecule has 2 heterocycles. The number of carboxylic acids is 1. The molecule has 7 heteroatoms. The molecule has 2 saturated heterocycles. The molecule has 2 amide bonds. The second-order valence-corrected chi connectivity index (χ2v) is 6.91. The van der Waals surface area contributed by atoms with Crippen LogP contribution in [0.1, 0.15) is 32.1 Å². The Bertz CT molecular complexity index is 416. The summed E-state index contributed by atoms with van der Waals surface area (Å²) in [5.74, 6) is -0.289. The first-order chi connectivity index (χ1) is 10.6. The highest BCUT2D eigenvalue weighted by molar-refractivity contribution is 8.00. The van der Waals surface area contributed by atoms with E-state index in [0.717, 1.165) is 25.9 Å². The Balaban J connectivity index is 1.63. The van der Waals surface area contributed by atoms with Gasteiger partial charge in [0, 0.05) is 26.2 Å². The van der Waals surface area contributed by atoms with E-state index in [1.54, 1.807) is 4.90 Å². The molecule has 2 fully saturated rings. The summed E-state index contributed by atoms with van der Waals surface area (Å²) >= 11 is 1.37. The average molecular weight is 328 g/mol. The number of carbonyl (C=O) groups is 3. The molecule has 0 aromatic carbocycles. The number of carbonyl (C=O) groups excluding carboxylic acids is 2. The monoisotopic (exact) mass is 328 g/mol. The van der Waals surface area contributed by atoms with E-state index < -0.39 is 5.97 Å². The Hall–Kier alpha value is -1.24. The standard InChI is InChI=1S/C15H24N2O4S/c18-13(16-6-2-1-3-7-16)10-22-11-14(19)17-8-4-12(5-9-17)15(20)21/h12H,1-11H2,(H,20,21). The highest BCUT2D eigenvalue weighted by Crippen LogP contribution is 2.18. The highest BCUT2D eigenvalue weighted by Gasteiger charge is 2.27. The maximum absolute atomic E-state index is 12.1. The summed E-state index contributed by atoms with van der Waals surface area (Å²) in [4.78, 5) is 38.5. The van der Waals surface area contributed by atoms with Gasteiger partial charge in [-0.25, -0.2) is 0 Å². The molecule has 0 radical (unpaired) electrons. The largest absolute Gasteiger partial charge is 0.481 e. The van der Waals surface area contributed by atoms with E-state index >= 15 is 0 Å². The number of thioether (sulfide) groups is 1. The molecule has 0 aromatic heterocycles. The van der Waals surface area contributed by atoms with E-state index in [1.807, 2.05) is 4.90 Å². The summed E-state index contributed by atoms with van der Waals surface area (Å²) in [6.07, 6.45) is 4.40. The quantitative estimate of drug-likeness (QED) is 0.816. The Morgan fingerprint density at radius 3 is 1.86 bits per heavy atom. The first kappa shape index (κ1) is 17.1. The van der Waals surface area contributed by atoms with Crippen molar-refractivity contribution in [3.63, 3.8) is 0 Å². The second-order valence-electron chi connectivity index (χ2n) is 5.93. The van der Waals surface area contributed by atoms with Gasteiger partial charge in [0.25, 0.3) is 0 Å². The van der Waals surface area contributed by atoms with Crippen LogP contribution < -0.4 is 0 Å². The Kier molecular flexibility index (Phi) is 6.54. The van der Waals surface area contributed by atoms with Gasteiger partial charge in [-0.15, -0.1) is 11.8 Å². The molecule has 1 N–H and O–H groups in total. The van der Waals surface area contributed by atoms with Crippen molar-refractivity contribution in [1.29, 1.82) is 0 Å². The van der Waals surface area contributed by atoms with Crippen LogP contribution in [0.3, 0.4) is 0 Å². The van der Waals surface area contributed by atoms with Crippen LogP contribution in [0, 0.1) is 5.92 Å². The maximum atomic E-state index is 12.1. The van der Waals surface area contributed by atoms with Gasteiger partial charge in [0.05, 0.1) is 17.4 Å². The molecule has 124 valence electrons. The number of piperidine rings is 2. The van der Waals surface area contributed by atoms with Gasteiger partial charge in [-0.2, -0.15) is 0 Å². The molecule has 22 heavy (non-hydrogen) atoms. The maximum Gasteiger partial charge on any atom is 0.306 e. The van der Waals surface area contributed by atoms with Gasteiger partial charge in [0.2, 0.25) is 11.8 Å². The van der Waals surface area contributed by atoms with Crippen molar-refractivity contribution in [2.75, 3.05) is 37.7 Å². The van der Waals surface area contributed by atoms with Crippen molar-refractivity contribution in [2.24, 2.45) is 5.92 Å². The van der Waals surface area contributed by atoms with Crippen LogP contribution in [0.2, 0.25) is 0 Å². The molecule has 0 atom stereocenters. The van der Waals surface area contributed by atoms with E-state index in [4.69, 9.17) is 5.11 Å². The topological polar surface area (TPSA) is 77.9 Å². The zero-order valence-electron chi connectivity index (χ0n) is 12.8. The number of rotatable bonds is 5. The molecule has 0 bridgehead atoms. The van der Waals surface area contributed by atoms with Crippen molar-refractivity contribution in [2.45, 2.75) is 32.1 Å². The highest BCUT2D eigenvalue weighted by atomic mass is 32.2. The normalized spacial score (nSPS) is 20.0. The SMILES string of the molecule is O=C(O)C1CCN(C(=O)CSCC(=O)N2CCCCC2)CC1. The van der Waals surface area contributed by atoms with E-state index in [2.05, 4.69) is 0 Å². The van der Waals surface area contributed by atoms with Gasteiger partial charge in [-0.05, 0) is 32.1 Å². The summed E-state index contributed by atoms with van der Waals surface area (Å²) in [5, 5.41) is 8.94. The van der Waals surface area contributed by atoms with Gasteiger partial charge in [0.15, 0.2) is 0 Å². The fraction of sp³-hybridized carbons (Fsp3) is 0.800. The fourth-order valence-electron chi connectivity index (χ4n) is 2.93. The Labute approximate surface area is 135 Å². The van der Waals surface area contributed by atoms with Crippen molar-refractivity contribution >= 4 is 29.5 Å². The van der Waals surface area contributed by atoms with Gasteiger partial charge in [-0.1, -0.05) is 0 Å². The molecule has 2 aliphatic heterocycles. The van der Waals surface area contributed by atoms with Crippen LogP contribution in [-0.2, 0) is 14.4 Å². The van der Waals surface area contributed by atoms with Crippen molar-refractivity contribution in [3.05, 3.63) is 0 Å². The Morgan fingerprint density at radius 1 is 0.864 bits per heavy atom. The van der Waals surface area contributed by atoms with Gasteiger partial charge in [0.1, 0.15) is 0 Å². The lowest BCUT2D eigenvalue weighted by Crippen LogP contribution is -2.41. The number of carboxylic acid groups (broad SMARTS) is 1. The van der Waals surface area contributed by atoms with Crippen molar-refractivity contribution < 1.29 is 19.5 Å². The third kappa shape index (κ3) is 4.90. The first-order valence-electron chi connectivity index (χ1n) is 7.94. The molecule has 2 aliphatic rings. The van der Waals surface area contributed by atoms with Crippen LogP contribution in [-0.4, -0.2) is 70.4 Å². The molecule has 0 unspecified atom stereocenters. The van der Waals surface area contributed by atoms with E-state index in [0.29, 0.717) is 37.4 Å². The van der Waals surface area contributed by atoms with Gasteiger partial charge in [-0.3, -0.25) is 14.4 Å². The summed E-state index contributed by atoms with van der Waals surface area (Å²) in [6, 6.07) is 0. The predicted octanol–water partition coefficient (Wildman–Crippen LogP) is 1.06. The van der Waals surface area contributed by atoms with Crippen LogP contribution in [0.5, 0.6) is 0 Å². The van der Waals surface area contributed by atoms with Gasteiger partial charge < -0.3 is 14.9 Å². The lowest BCUT2D eigenvalue weighted by atomic mass is 9.97. The zero-order valence-corrected chi connectivity index (χ0v) is 13.6. The fourth-order valence-corrected chi connectivity index (χ4v) is 3.74. The number of nitrogens with zero attached hydrogens (tertiary/aromatic N) is 2. The number of likely N-dealkylation sites (tertiary alicyclic amines) is 2. The minimum atomic E-state index is -0.770. The number of amides is 2. The zero-order chi connectivity index (χ0) is 15.9. The third-order valence-electron chi connectivity index (χ3n) is 4.36. The smallest absolute Gasteiger partial charge is 0.306 e. The lowest BCUT2D eigenvalue weighted by Gasteiger charge is -2.30. The average Bonchev–Trinajstić information content (AvgIpc) is 2.55. The van der Waals surface area contributed by atoms with Crippen LogP contribution >= 0.6 is 11.8 Å². The molecular formula is C15H24N2O4S. The summed E-state index contributed by atoms with van der Waals surface area (Å²) in [5.41, 5.74) is 0. The van der Waals surface area contributed by atoms with Crippen molar-refractivity contribution in [1.82, 2.24) is 9.80 Å². The molecule has 0 saturated carbocycles. The predicted molar refractivity (Wildman–Crippen MR) is 84.7 cm³/mol. The Morgan fingerprint density at radius 2 is 1.36 bits per heavy atom. The summed E-state index contributed by atoms with van der Waals surface area (Å²) in [7, 11) is 0. The van der Waals surface area contributed by atoms with E-state index in [1.165, 1.54) is 18.2 Å². The summed E-state index contributed by atoms with van der Waals surface area (Å²) < 4.78 is 0. The van der Waals surface area contributed by atoms with Crippen LogP contribution in [0.15, 0.2) is 0 Å².